The maximum absolute atomic E-state index is 11.2. The largest absolute Gasteiger partial charge is 0.463 e. The minimum absolute atomic E-state index is 0.0384. The number of carbonyl (C=O) groups excluding carboxylic acids is 3. The molecule has 1 aliphatic heterocycles. The van der Waals surface area contributed by atoms with Crippen LogP contribution in [0, 0.1) is 0 Å². The molecule has 0 spiro atoms. The van der Waals surface area contributed by atoms with E-state index in [4.69, 9.17) is 18.9 Å². The van der Waals surface area contributed by atoms with E-state index < -0.39 is 42.4 Å². The van der Waals surface area contributed by atoms with Crippen LogP contribution in [0.2, 0.25) is 0 Å². The summed E-state index contributed by atoms with van der Waals surface area (Å²) in [4.78, 5) is 37.1. The lowest BCUT2D eigenvalue weighted by molar-refractivity contribution is -0.210. The Kier molecular flexibility index (Phi) is 7.10. The molecule has 1 rings (SSSR count). The van der Waals surface area contributed by atoms with Crippen LogP contribution in [0.5, 0.6) is 0 Å². The Morgan fingerprint density at radius 3 is 2.32 bits per heavy atom. The number of hydrogen-bond acceptors (Lipinski definition) is 9. The van der Waals surface area contributed by atoms with E-state index in [9.17, 15) is 14.4 Å². The first-order chi connectivity index (χ1) is 10.3. The first-order valence-corrected chi connectivity index (χ1v) is 6.94. The fraction of sp³-hybridized carbons (Fsp3) is 0.692. The van der Waals surface area contributed by atoms with Crippen LogP contribution in [0.15, 0.2) is 4.99 Å². The summed E-state index contributed by atoms with van der Waals surface area (Å²) in [6, 6.07) is 0. The van der Waals surface area contributed by atoms with Crippen LogP contribution in [-0.4, -0.2) is 54.2 Å². The van der Waals surface area contributed by atoms with E-state index in [1.54, 1.807) is 0 Å². The molecule has 0 aromatic carbocycles. The van der Waals surface area contributed by atoms with E-state index in [0.717, 1.165) is 0 Å². The van der Waals surface area contributed by atoms with Gasteiger partial charge >= 0.3 is 17.9 Å². The van der Waals surface area contributed by atoms with Crippen molar-refractivity contribution in [3.8, 4) is 0 Å². The number of ether oxygens (including phenoxy) is 4. The molecule has 0 aromatic rings. The lowest BCUT2D eigenvalue weighted by Crippen LogP contribution is -2.52. The van der Waals surface area contributed by atoms with Crippen LogP contribution < -0.4 is 0 Å². The van der Waals surface area contributed by atoms with Gasteiger partial charge in [0.1, 0.15) is 12.7 Å². The highest BCUT2D eigenvalue weighted by molar-refractivity contribution is 7.78. The maximum Gasteiger partial charge on any atom is 0.303 e. The average Bonchev–Trinajstić information content (AvgIpc) is 2.39. The van der Waals surface area contributed by atoms with Crippen molar-refractivity contribution in [3.63, 3.8) is 0 Å². The average molecular weight is 331 g/mol. The van der Waals surface area contributed by atoms with Gasteiger partial charge in [0.05, 0.1) is 11.3 Å². The molecule has 0 bridgehead atoms. The third-order valence-corrected chi connectivity index (χ3v) is 2.85. The summed E-state index contributed by atoms with van der Waals surface area (Å²) in [5, 5.41) is 2.14. The van der Waals surface area contributed by atoms with Crippen molar-refractivity contribution in [2.45, 2.75) is 51.7 Å². The van der Waals surface area contributed by atoms with Crippen molar-refractivity contribution in [2.75, 3.05) is 6.61 Å². The van der Waals surface area contributed by atoms with Gasteiger partial charge in [-0.3, -0.25) is 14.4 Å². The predicted octanol–water partition coefficient (Wildman–Crippen LogP) is 0.631. The Labute approximate surface area is 132 Å². The lowest BCUT2D eigenvalue weighted by atomic mass is 10.0. The zero-order valence-corrected chi connectivity index (χ0v) is 13.3. The minimum Gasteiger partial charge on any atom is -0.463 e. The van der Waals surface area contributed by atoms with E-state index >= 15 is 0 Å². The summed E-state index contributed by atoms with van der Waals surface area (Å²) in [5.41, 5.74) is 0. The first kappa shape index (κ1) is 18.2. The van der Waals surface area contributed by atoms with Crippen LogP contribution in [0.3, 0.4) is 0 Å². The molecule has 1 saturated heterocycles. The summed E-state index contributed by atoms with van der Waals surface area (Å²) in [7, 11) is 0. The Morgan fingerprint density at radius 2 is 1.82 bits per heavy atom. The molecule has 1 aliphatic rings. The van der Waals surface area contributed by atoms with Crippen molar-refractivity contribution >= 4 is 35.3 Å². The number of nitrogens with zero attached hydrogens (tertiary/aromatic N) is 1. The number of carbonyl (C=O) groups is 3. The molecule has 0 unspecified atom stereocenters. The van der Waals surface area contributed by atoms with Crippen molar-refractivity contribution in [3.05, 3.63) is 0 Å². The zero-order valence-electron chi connectivity index (χ0n) is 12.4. The van der Waals surface area contributed by atoms with Crippen LogP contribution in [0.4, 0.5) is 0 Å². The second kappa shape index (κ2) is 8.57. The normalized spacial score (nSPS) is 27.2. The molecule has 22 heavy (non-hydrogen) atoms. The SMILES string of the molecule is CC(=O)OC[C@@H]1C[C@H](OC(C)=O)[C@@H](OC(C)=O)[C@H](N=C=S)O1. The number of hydrogen-bond donors (Lipinski definition) is 0. The number of esters is 3. The molecule has 0 aliphatic carbocycles. The minimum atomic E-state index is -0.986. The van der Waals surface area contributed by atoms with Gasteiger partial charge in [-0.05, 0) is 12.2 Å². The van der Waals surface area contributed by atoms with E-state index in [1.807, 2.05) is 0 Å². The van der Waals surface area contributed by atoms with Gasteiger partial charge in [0.2, 0.25) is 0 Å². The third kappa shape index (κ3) is 5.88. The van der Waals surface area contributed by atoms with Gasteiger partial charge in [-0.25, -0.2) is 0 Å². The van der Waals surface area contributed by atoms with Crippen LogP contribution in [0.25, 0.3) is 0 Å². The molecule has 122 valence electrons. The summed E-state index contributed by atoms with van der Waals surface area (Å²) in [5.74, 6) is -1.58. The van der Waals surface area contributed by atoms with Gasteiger partial charge in [-0.2, -0.15) is 4.99 Å². The smallest absolute Gasteiger partial charge is 0.303 e. The second-order valence-electron chi connectivity index (χ2n) is 4.63. The second-order valence-corrected chi connectivity index (χ2v) is 4.81. The monoisotopic (exact) mass is 331 g/mol. The molecule has 0 amide bonds. The number of isothiocyanates is 1. The number of aliphatic imine (C=N–C) groups is 1. The summed E-state index contributed by atoms with van der Waals surface area (Å²) in [6.07, 6.45) is -3.09. The van der Waals surface area contributed by atoms with E-state index in [0.29, 0.717) is 0 Å². The molecule has 0 saturated carbocycles. The fourth-order valence-corrected chi connectivity index (χ4v) is 2.14. The highest BCUT2D eigenvalue weighted by atomic mass is 32.1. The van der Waals surface area contributed by atoms with Gasteiger partial charge in [-0.15, -0.1) is 0 Å². The first-order valence-electron chi connectivity index (χ1n) is 6.53. The zero-order chi connectivity index (χ0) is 16.7. The summed E-state index contributed by atoms with van der Waals surface area (Å²) < 4.78 is 20.7. The van der Waals surface area contributed by atoms with Crippen molar-refractivity contribution in [1.82, 2.24) is 0 Å². The summed E-state index contributed by atoms with van der Waals surface area (Å²) >= 11 is 4.54. The number of rotatable bonds is 5. The lowest BCUT2D eigenvalue weighted by Gasteiger charge is -2.37. The summed E-state index contributed by atoms with van der Waals surface area (Å²) in [6.45, 7) is 3.68. The van der Waals surface area contributed by atoms with Gasteiger partial charge < -0.3 is 18.9 Å². The van der Waals surface area contributed by atoms with Gasteiger partial charge in [0.25, 0.3) is 0 Å². The molecule has 9 heteroatoms. The maximum atomic E-state index is 11.2. The highest BCUT2D eigenvalue weighted by Crippen LogP contribution is 2.26. The molecule has 1 heterocycles. The van der Waals surface area contributed by atoms with E-state index in [-0.39, 0.29) is 13.0 Å². The van der Waals surface area contributed by atoms with Gasteiger partial charge in [0.15, 0.2) is 12.3 Å². The predicted molar refractivity (Wildman–Crippen MR) is 76.0 cm³/mol. The van der Waals surface area contributed by atoms with Crippen LogP contribution in [-0.2, 0) is 33.3 Å². The standard InChI is InChI=1S/C13H17NO7S/c1-7(15)18-5-10-4-11(19-8(2)16)12(20-9(3)17)13(21-10)14-6-22/h10-13H,4-5H2,1-3H3/t10-,11-,12+,13+/m0/s1. The van der Waals surface area contributed by atoms with E-state index in [2.05, 4.69) is 22.4 Å². The van der Waals surface area contributed by atoms with Crippen molar-refractivity contribution < 1.29 is 33.3 Å². The van der Waals surface area contributed by atoms with Crippen LogP contribution in [0.1, 0.15) is 27.2 Å². The molecule has 8 nitrogen and oxygen atoms in total. The highest BCUT2D eigenvalue weighted by Gasteiger charge is 2.43. The molecule has 0 N–H and O–H groups in total. The van der Waals surface area contributed by atoms with Crippen molar-refractivity contribution in [1.29, 1.82) is 0 Å². The quantitative estimate of drug-likeness (QED) is 0.313. The van der Waals surface area contributed by atoms with Gasteiger partial charge in [-0.1, -0.05) is 0 Å². The Balaban J connectivity index is 2.92. The Hall–Kier alpha value is -1.83. The van der Waals surface area contributed by atoms with E-state index in [1.165, 1.54) is 20.8 Å². The molecular weight excluding hydrogens is 314 g/mol. The Morgan fingerprint density at radius 1 is 1.18 bits per heavy atom. The molecule has 0 aromatic heterocycles. The van der Waals surface area contributed by atoms with Crippen molar-refractivity contribution in [2.24, 2.45) is 4.99 Å². The third-order valence-electron chi connectivity index (χ3n) is 2.75. The molecular formula is C13H17NO7S. The molecule has 1 fully saturated rings. The number of thiocarbonyl (C=S) groups is 1. The van der Waals surface area contributed by atoms with Crippen LogP contribution >= 0.6 is 12.2 Å². The fourth-order valence-electron chi connectivity index (χ4n) is 2.03. The molecule has 0 radical (unpaired) electrons. The topological polar surface area (TPSA) is 100 Å². The Bertz CT molecular complexity index is 489. The van der Waals surface area contributed by atoms with Gasteiger partial charge in [0, 0.05) is 27.2 Å². The molecule has 4 atom stereocenters.